The average Bonchev–Trinajstić information content (AvgIpc) is 2.69. The van der Waals surface area contributed by atoms with Crippen molar-refractivity contribution in [3.05, 3.63) is 17.5 Å². The van der Waals surface area contributed by atoms with Crippen molar-refractivity contribution in [1.29, 1.82) is 0 Å². The molecule has 1 aliphatic heterocycles. The fraction of sp³-hybridized carbons (Fsp3) is 0.636. The van der Waals surface area contributed by atoms with Crippen molar-refractivity contribution in [1.82, 2.24) is 14.7 Å². The normalized spacial score (nSPS) is 19.2. The summed E-state index contributed by atoms with van der Waals surface area (Å²) in [5, 5.41) is 4.43. The lowest BCUT2D eigenvalue weighted by atomic mass is 10.2. The first-order chi connectivity index (χ1) is 8.15. The third-order valence-corrected chi connectivity index (χ3v) is 3.00. The Morgan fingerprint density at radius 2 is 2.47 bits per heavy atom. The number of ether oxygens (including phenoxy) is 1. The first-order valence-corrected chi connectivity index (χ1v) is 5.69. The van der Waals surface area contributed by atoms with Gasteiger partial charge in [0.05, 0.1) is 37.6 Å². The van der Waals surface area contributed by atoms with Crippen molar-refractivity contribution in [2.45, 2.75) is 32.7 Å². The number of carbonyl (C=O) groups is 1. The number of hydrogen-bond donors (Lipinski definition) is 1. The second-order valence-corrected chi connectivity index (χ2v) is 4.32. The number of methoxy groups -OCH3 is 1. The highest BCUT2D eigenvalue weighted by Crippen LogP contribution is 2.18. The van der Waals surface area contributed by atoms with Gasteiger partial charge in [-0.05, 0) is 13.0 Å². The standard InChI is InChI=1S/C11H18N4O2/c1-8-5-15-10(3-9(13-15)7-17-2)6-14(8)11(16)4-12/h3,8H,4-7,12H2,1-2H3/t8-/m0/s1. The van der Waals surface area contributed by atoms with E-state index in [1.165, 1.54) is 0 Å². The van der Waals surface area contributed by atoms with Gasteiger partial charge in [-0.25, -0.2) is 0 Å². The predicted molar refractivity (Wildman–Crippen MR) is 62.0 cm³/mol. The largest absolute Gasteiger partial charge is 0.378 e. The summed E-state index contributed by atoms with van der Waals surface area (Å²) < 4.78 is 7.00. The fourth-order valence-electron chi connectivity index (χ4n) is 2.15. The molecule has 0 spiro atoms. The Kier molecular flexibility index (Phi) is 3.44. The Balaban J connectivity index is 2.19. The lowest BCUT2D eigenvalue weighted by Crippen LogP contribution is -2.47. The molecule has 0 unspecified atom stereocenters. The number of fused-ring (bicyclic) bond motifs is 1. The van der Waals surface area contributed by atoms with Gasteiger partial charge in [0.25, 0.3) is 0 Å². The third-order valence-electron chi connectivity index (χ3n) is 3.00. The maximum atomic E-state index is 11.7. The Bertz CT molecular complexity index is 416. The molecule has 6 heteroatoms. The van der Waals surface area contributed by atoms with Crippen LogP contribution in [0, 0.1) is 0 Å². The number of rotatable bonds is 3. The van der Waals surface area contributed by atoms with E-state index in [0.29, 0.717) is 19.7 Å². The van der Waals surface area contributed by atoms with Crippen LogP contribution in [0.25, 0.3) is 0 Å². The van der Waals surface area contributed by atoms with Crippen molar-refractivity contribution < 1.29 is 9.53 Å². The van der Waals surface area contributed by atoms with Crippen LogP contribution in [0.4, 0.5) is 0 Å². The highest BCUT2D eigenvalue weighted by Gasteiger charge is 2.27. The minimum Gasteiger partial charge on any atom is -0.378 e. The van der Waals surface area contributed by atoms with E-state index in [2.05, 4.69) is 5.10 Å². The minimum absolute atomic E-state index is 0.0155. The molecule has 1 atom stereocenters. The zero-order valence-electron chi connectivity index (χ0n) is 10.2. The van der Waals surface area contributed by atoms with Crippen molar-refractivity contribution in [2.24, 2.45) is 5.73 Å². The first kappa shape index (κ1) is 12.1. The topological polar surface area (TPSA) is 73.4 Å². The molecular formula is C11H18N4O2. The maximum Gasteiger partial charge on any atom is 0.236 e. The van der Waals surface area contributed by atoms with Gasteiger partial charge in [0, 0.05) is 13.2 Å². The van der Waals surface area contributed by atoms with Crippen LogP contribution in [0.3, 0.4) is 0 Å². The third kappa shape index (κ3) is 2.32. The summed E-state index contributed by atoms with van der Waals surface area (Å²) >= 11 is 0. The number of hydrogen-bond acceptors (Lipinski definition) is 4. The molecule has 2 heterocycles. The number of carbonyl (C=O) groups excluding carboxylic acids is 1. The number of nitrogens with two attached hydrogens (primary N) is 1. The van der Waals surface area contributed by atoms with Gasteiger partial charge >= 0.3 is 0 Å². The quantitative estimate of drug-likeness (QED) is 0.786. The Labute approximate surface area is 100 Å². The molecule has 0 bridgehead atoms. The monoisotopic (exact) mass is 238 g/mol. The number of amides is 1. The van der Waals surface area contributed by atoms with Gasteiger partial charge in [0.2, 0.25) is 5.91 Å². The lowest BCUT2D eigenvalue weighted by Gasteiger charge is -2.33. The van der Waals surface area contributed by atoms with Gasteiger partial charge in [0.15, 0.2) is 0 Å². The summed E-state index contributed by atoms with van der Waals surface area (Å²) in [6.07, 6.45) is 0. The molecule has 1 aliphatic rings. The molecule has 1 amide bonds. The molecule has 0 aliphatic carbocycles. The van der Waals surface area contributed by atoms with Crippen molar-refractivity contribution >= 4 is 5.91 Å². The maximum absolute atomic E-state index is 11.7. The van der Waals surface area contributed by atoms with Gasteiger partial charge < -0.3 is 15.4 Å². The van der Waals surface area contributed by atoms with Crippen LogP contribution in [0.15, 0.2) is 6.07 Å². The van der Waals surface area contributed by atoms with Crippen LogP contribution >= 0.6 is 0 Å². The summed E-state index contributed by atoms with van der Waals surface area (Å²) in [6.45, 7) is 3.86. The first-order valence-electron chi connectivity index (χ1n) is 5.69. The van der Waals surface area contributed by atoms with Gasteiger partial charge in [-0.2, -0.15) is 5.10 Å². The van der Waals surface area contributed by atoms with Crippen molar-refractivity contribution in [2.75, 3.05) is 13.7 Å². The van der Waals surface area contributed by atoms with Crippen LogP contribution in [0.2, 0.25) is 0 Å². The molecule has 0 fully saturated rings. The molecule has 2 N–H and O–H groups in total. The van der Waals surface area contributed by atoms with E-state index >= 15 is 0 Å². The van der Waals surface area contributed by atoms with Gasteiger partial charge in [0.1, 0.15) is 0 Å². The summed E-state index contributed by atoms with van der Waals surface area (Å²) in [6, 6.07) is 2.11. The Hall–Kier alpha value is -1.40. The Morgan fingerprint density at radius 1 is 1.71 bits per heavy atom. The molecule has 0 aromatic carbocycles. The van der Waals surface area contributed by atoms with E-state index in [4.69, 9.17) is 10.5 Å². The summed E-state index contributed by atoms with van der Waals surface area (Å²) in [5.74, 6) is -0.0155. The second-order valence-electron chi connectivity index (χ2n) is 4.32. The summed E-state index contributed by atoms with van der Waals surface area (Å²) in [7, 11) is 1.64. The summed E-state index contributed by atoms with van der Waals surface area (Å²) in [4.78, 5) is 13.5. The van der Waals surface area contributed by atoms with E-state index in [9.17, 15) is 4.79 Å². The van der Waals surface area contributed by atoms with E-state index in [0.717, 1.165) is 11.4 Å². The molecule has 0 saturated carbocycles. The highest BCUT2D eigenvalue weighted by molar-refractivity contribution is 5.78. The molecular weight excluding hydrogens is 220 g/mol. The molecule has 1 aromatic heterocycles. The van der Waals surface area contributed by atoms with Crippen molar-refractivity contribution in [3.8, 4) is 0 Å². The molecule has 94 valence electrons. The van der Waals surface area contributed by atoms with Gasteiger partial charge in [-0.15, -0.1) is 0 Å². The van der Waals surface area contributed by atoms with E-state index in [1.54, 1.807) is 12.0 Å². The predicted octanol–water partition coefficient (Wildman–Crippen LogP) is -0.281. The lowest BCUT2D eigenvalue weighted by molar-refractivity contribution is -0.133. The molecule has 2 rings (SSSR count). The zero-order valence-corrected chi connectivity index (χ0v) is 10.2. The summed E-state index contributed by atoms with van der Waals surface area (Å²) in [5.41, 5.74) is 7.34. The van der Waals surface area contributed by atoms with Crippen molar-refractivity contribution in [3.63, 3.8) is 0 Å². The second kappa shape index (κ2) is 4.85. The Morgan fingerprint density at radius 3 is 3.12 bits per heavy atom. The number of aromatic nitrogens is 2. The van der Waals surface area contributed by atoms with E-state index in [-0.39, 0.29) is 18.5 Å². The van der Waals surface area contributed by atoms with E-state index in [1.807, 2.05) is 17.7 Å². The highest BCUT2D eigenvalue weighted by atomic mass is 16.5. The molecule has 17 heavy (non-hydrogen) atoms. The smallest absolute Gasteiger partial charge is 0.236 e. The molecule has 6 nitrogen and oxygen atoms in total. The van der Waals surface area contributed by atoms with Crippen LogP contribution < -0.4 is 5.73 Å². The van der Waals surface area contributed by atoms with Gasteiger partial charge in [-0.1, -0.05) is 0 Å². The van der Waals surface area contributed by atoms with Crippen LogP contribution in [0.5, 0.6) is 0 Å². The van der Waals surface area contributed by atoms with E-state index < -0.39 is 0 Å². The van der Waals surface area contributed by atoms with Crippen LogP contribution in [-0.4, -0.2) is 40.3 Å². The zero-order chi connectivity index (χ0) is 12.4. The molecule has 0 saturated heterocycles. The fourth-order valence-corrected chi connectivity index (χ4v) is 2.15. The number of nitrogens with zero attached hydrogens (tertiary/aromatic N) is 3. The average molecular weight is 238 g/mol. The van der Waals surface area contributed by atoms with Crippen LogP contribution in [-0.2, 0) is 29.2 Å². The van der Waals surface area contributed by atoms with Gasteiger partial charge in [-0.3, -0.25) is 9.48 Å². The van der Waals surface area contributed by atoms with Crippen LogP contribution in [0.1, 0.15) is 18.3 Å². The SMILES string of the molecule is COCc1cc2n(n1)C[C@H](C)N(C(=O)CN)C2. The molecule has 1 aromatic rings. The minimum atomic E-state index is -0.0155. The molecule has 0 radical (unpaired) electrons.